The van der Waals surface area contributed by atoms with Crippen molar-refractivity contribution in [3.05, 3.63) is 17.0 Å². The quantitative estimate of drug-likeness (QED) is 0.783. The van der Waals surface area contributed by atoms with E-state index in [2.05, 4.69) is 30.9 Å². The Morgan fingerprint density at radius 3 is 2.93 bits per heavy atom. The van der Waals surface area contributed by atoms with Crippen molar-refractivity contribution in [3.8, 4) is 11.6 Å². The van der Waals surface area contributed by atoms with E-state index in [0.717, 1.165) is 0 Å². The minimum absolute atomic E-state index is 0.140. The van der Waals surface area contributed by atoms with E-state index in [1.54, 1.807) is 6.07 Å². The fourth-order valence-corrected chi connectivity index (χ4v) is 1.53. The van der Waals surface area contributed by atoms with Crippen LogP contribution in [0.5, 0.6) is 11.6 Å². The maximum atomic E-state index is 9.38. The molecule has 2 rings (SSSR count). The number of hydrogen-bond donors (Lipinski definition) is 1. The summed E-state index contributed by atoms with van der Waals surface area (Å²) in [5, 5.41) is 9.38. The molecule has 2 aromatic heterocycles. The van der Waals surface area contributed by atoms with Crippen LogP contribution in [0.2, 0.25) is 0 Å². The molecule has 5 nitrogen and oxygen atoms in total. The molecule has 0 bridgehead atoms. The Labute approximate surface area is 87.9 Å². The molecule has 2 aromatic rings. The summed E-state index contributed by atoms with van der Waals surface area (Å²) in [6.07, 6.45) is 1.27. The zero-order valence-electron chi connectivity index (χ0n) is 7.23. The second kappa shape index (κ2) is 3.38. The fourth-order valence-electron chi connectivity index (χ4n) is 1.08. The minimum atomic E-state index is -0.140. The van der Waals surface area contributed by atoms with Crippen LogP contribution in [0.25, 0.3) is 11.0 Å². The van der Waals surface area contributed by atoms with Gasteiger partial charge in [0.05, 0.1) is 12.6 Å². The third-order valence-electron chi connectivity index (χ3n) is 1.73. The van der Waals surface area contributed by atoms with E-state index < -0.39 is 0 Å². The molecule has 6 heteroatoms. The standard InChI is InChI=1S/C8H6BrN3O2/c1-14-5-2-4-6(12-7(5)9)8(13)11-3-10-4/h2-3H,1H3,(H,10,11,13). The smallest absolute Gasteiger partial charge is 0.241 e. The highest BCUT2D eigenvalue weighted by Crippen LogP contribution is 2.28. The average Bonchev–Trinajstić information content (AvgIpc) is 2.19. The zero-order chi connectivity index (χ0) is 10.1. The summed E-state index contributed by atoms with van der Waals surface area (Å²) in [5.74, 6) is 0.425. The second-order valence-corrected chi connectivity index (χ2v) is 3.30. The van der Waals surface area contributed by atoms with Crippen LogP contribution in [0.1, 0.15) is 0 Å². The highest BCUT2D eigenvalue weighted by molar-refractivity contribution is 9.10. The zero-order valence-corrected chi connectivity index (χ0v) is 8.82. The summed E-state index contributed by atoms with van der Waals surface area (Å²) in [6.45, 7) is 0. The Morgan fingerprint density at radius 1 is 1.43 bits per heavy atom. The van der Waals surface area contributed by atoms with Crippen LogP contribution in [-0.2, 0) is 0 Å². The minimum Gasteiger partial charge on any atom is -0.494 e. The lowest BCUT2D eigenvalue weighted by molar-refractivity contribution is 0.410. The fraction of sp³-hybridized carbons (Fsp3) is 0.125. The van der Waals surface area contributed by atoms with Gasteiger partial charge < -0.3 is 9.84 Å². The normalized spacial score (nSPS) is 10.4. The summed E-state index contributed by atoms with van der Waals surface area (Å²) < 4.78 is 5.55. The first kappa shape index (κ1) is 9.14. The Hall–Kier alpha value is -1.43. The van der Waals surface area contributed by atoms with Crippen LogP contribution in [0, 0.1) is 0 Å². The number of rotatable bonds is 1. The lowest BCUT2D eigenvalue weighted by Gasteiger charge is -2.04. The van der Waals surface area contributed by atoms with Crippen LogP contribution >= 0.6 is 15.9 Å². The molecule has 0 saturated carbocycles. The van der Waals surface area contributed by atoms with Gasteiger partial charge in [-0.25, -0.2) is 15.0 Å². The molecule has 1 N–H and O–H groups in total. The molecule has 0 aliphatic heterocycles. The van der Waals surface area contributed by atoms with Crippen molar-refractivity contribution < 1.29 is 9.84 Å². The van der Waals surface area contributed by atoms with Gasteiger partial charge in [-0.05, 0) is 15.9 Å². The van der Waals surface area contributed by atoms with Crippen LogP contribution < -0.4 is 4.74 Å². The molecule has 72 valence electrons. The summed E-state index contributed by atoms with van der Waals surface area (Å²) in [7, 11) is 1.54. The molecule has 14 heavy (non-hydrogen) atoms. The van der Waals surface area contributed by atoms with E-state index in [9.17, 15) is 5.11 Å². The molecule has 0 saturated heterocycles. The average molecular weight is 256 g/mol. The SMILES string of the molecule is COc1cc2ncnc(O)c2nc1Br. The van der Waals surface area contributed by atoms with Gasteiger partial charge in [0.15, 0.2) is 11.3 Å². The Bertz CT molecular complexity index is 489. The van der Waals surface area contributed by atoms with Crippen LogP contribution in [-0.4, -0.2) is 27.2 Å². The maximum Gasteiger partial charge on any atom is 0.241 e. The van der Waals surface area contributed by atoms with E-state index in [4.69, 9.17) is 4.74 Å². The molecule has 0 spiro atoms. The molecule has 0 aliphatic rings. The topological polar surface area (TPSA) is 68.1 Å². The predicted octanol–water partition coefficient (Wildman–Crippen LogP) is 1.50. The highest BCUT2D eigenvalue weighted by atomic mass is 79.9. The van der Waals surface area contributed by atoms with E-state index >= 15 is 0 Å². The molecule has 0 radical (unpaired) electrons. The van der Waals surface area contributed by atoms with Gasteiger partial charge in [-0.1, -0.05) is 0 Å². The van der Waals surface area contributed by atoms with Crippen molar-refractivity contribution >= 4 is 27.0 Å². The van der Waals surface area contributed by atoms with Crippen molar-refractivity contribution in [1.82, 2.24) is 15.0 Å². The van der Waals surface area contributed by atoms with Gasteiger partial charge in [0.25, 0.3) is 0 Å². The molecule has 0 aromatic carbocycles. The van der Waals surface area contributed by atoms with Crippen molar-refractivity contribution in [2.45, 2.75) is 0 Å². The molecule has 0 atom stereocenters. The number of halogens is 1. The number of hydrogen-bond acceptors (Lipinski definition) is 5. The first-order valence-electron chi connectivity index (χ1n) is 3.76. The van der Waals surface area contributed by atoms with Crippen molar-refractivity contribution in [2.75, 3.05) is 7.11 Å². The van der Waals surface area contributed by atoms with Crippen molar-refractivity contribution in [3.63, 3.8) is 0 Å². The number of aromatic hydroxyl groups is 1. The van der Waals surface area contributed by atoms with Crippen molar-refractivity contribution in [2.24, 2.45) is 0 Å². The van der Waals surface area contributed by atoms with Gasteiger partial charge in [-0.15, -0.1) is 0 Å². The number of fused-ring (bicyclic) bond motifs is 1. The summed E-state index contributed by atoms with van der Waals surface area (Å²) >= 11 is 3.21. The largest absolute Gasteiger partial charge is 0.494 e. The van der Waals surface area contributed by atoms with E-state index in [0.29, 0.717) is 21.4 Å². The van der Waals surface area contributed by atoms with Gasteiger partial charge in [-0.2, -0.15) is 0 Å². The molecule has 0 aliphatic carbocycles. The van der Waals surface area contributed by atoms with Gasteiger partial charge >= 0.3 is 0 Å². The Morgan fingerprint density at radius 2 is 2.21 bits per heavy atom. The third kappa shape index (κ3) is 1.37. The predicted molar refractivity (Wildman–Crippen MR) is 53.2 cm³/mol. The summed E-state index contributed by atoms with van der Waals surface area (Å²) in [5.41, 5.74) is 0.887. The summed E-state index contributed by atoms with van der Waals surface area (Å²) in [4.78, 5) is 11.6. The van der Waals surface area contributed by atoms with Gasteiger partial charge in [0.1, 0.15) is 10.9 Å². The Kier molecular flexibility index (Phi) is 2.20. The van der Waals surface area contributed by atoms with E-state index in [-0.39, 0.29) is 5.88 Å². The number of aromatic nitrogens is 3. The highest BCUT2D eigenvalue weighted by Gasteiger charge is 2.08. The lowest BCUT2D eigenvalue weighted by Crippen LogP contribution is -1.91. The number of methoxy groups -OCH3 is 1. The van der Waals surface area contributed by atoms with E-state index in [1.807, 2.05) is 0 Å². The monoisotopic (exact) mass is 255 g/mol. The summed E-state index contributed by atoms with van der Waals surface area (Å²) in [6, 6.07) is 1.67. The van der Waals surface area contributed by atoms with E-state index in [1.165, 1.54) is 13.4 Å². The molecular weight excluding hydrogens is 250 g/mol. The molecule has 2 heterocycles. The van der Waals surface area contributed by atoms with Crippen LogP contribution in [0.3, 0.4) is 0 Å². The maximum absolute atomic E-state index is 9.38. The third-order valence-corrected chi connectivity index (χ3v) is 2.30. The molecule has 0 fully saturated rings. The first-order chi connectivity index (χ1) is 6.72. The van der Waals surface area contributed by atoms with Gasteiger partial charge in [0, 0.05) is 6.07 Å². The number of ether oxygens (including phenoxy) is 1. The number of nitrogens with zero attached hydrogens (tertiary/aromatic N) is 3. The number of pyridine rings is 1. The van der Waals surface area contributed by atoms with Crippen LogP contribution in [0.15, 0.2) is 17.0 Å². The van der Waals surface area contributed by atoms with Crippen molar-refractivity contribution in [1.29, 1.82) is 0 Å². The Balaban J connectivity index is 2.79. The first-order valence-corrected chi connectivity index (χ1v) is 4.56. The van der Waals surface area contributed by atoms with Gasteiger partial charge in [0.2, 0.25) is 5.88 Å². The lowest BCUT2D eigenvalue weighted by atomic mass is 10.3. The molecule has 0 amide bonds. The van der Waals surface area contributed by atoms with Gasteiger partial charge in [-0.3, -0.25) is 0 Å². The second-order valence-electron chi connectivity index (χ2n) is 2.55. The van der Waals surface area contributed by atoms with Crippen LogP contribution in [0.4, 0.5) is 0 Å². The molecular formula is C8H6BrN3O2. The molecule has 0 unspecified atom stereocenters.